The van der Waals surface area contributed by atoms with Crippen LogP contribution in [0.1, 0.15) is 58.8 Å². The molecule has 1 aliphatic heterocycles. The van der Waals surface area contributed by atoms with Gasteiger partial charge in [0.05, 0.1) is 0 Å². The van der Waals surface area contributed by atoms with Crippen LogP contribution < -0.4 is 5.73 Å². The lowest BCUT2D eigenvalue weighted by atomic mass is 9.90. The van der Waals surface area contributed by atoms with E-state index in [0.29, 0.717) is 10.8 Å². The molecule has 2 fully saturated rings. The molecular formula is C16H32N2S. The summed E-state index contributed by atoms with van der Waals surface area (Å²) in [6.07, 6.45) is 9.86. The van der Waals surface area contributed by atoms with Crippen molar-refractivity contribution in [2.75, 3.05) is 25.4 Å². The number of rotatable bonds is 3. The van der Waals surface area contributed by atoms with Gasteiger partial charge in [-0.2, -0.15) is 11.8 Å². The molecule has 1 heterocycles. The SMILES string of the molecule is CC1(C)CCN(C(CN)C2CCCCCC2)CCS1. The molecule has 112 valence electrons. The fourth-order valence-corrected chi connectivity index (χ4v) is 4.82. The largest absolute Gasteiger partial charge is 0.329 e. The molecule has 1 saturated heterocycles. The van der Waals surface area contributed by atoms with Gasteiger partial charge in [-0.1, -0.05) is 39.5 Å². The highest BCUT2D eigenvalue weighted by Gasteiger charge is 2.31. The summed E-state index contributed by atoms with van der Waals surface area (Å²) in [6, 6.07) is 0.646. The van der Waals surface area contributed by atoms with Crippen molar-refractivity contribution >= 4 is 11.8 Å². The lowest BCUT2D eigenvalue weighted by molar-refractivity contribution is 0.141. The summed E-state index contributed by atoms with van der Waals surface area (Å²) in [6.45, 7) is 8.13. The first-order chi connectivity index (χ1) is 9.12. The van der Waals surface area contributed by atoms with Gasteiger partial charge in [0.1, 0.15) is 0 Å². The molecule has 2 nitrogen and oxygen atoms in total. The number of nitrogens with two attached hydrogens (primary N) is 1. The van der Waals surface area contributed by atoms with Crippen LogP contribution in [0.4, 0.5) is 0 Å². The zero-order chi connectivity index (χ0) is 13.7. The molecule has 0 aromatic carbocycles. The Hall–Kier alpha value is 0.270. The van der Waals surface area contributed by atoms with E-state index in [-0.39, 0.29) is 0 Å². The van der Waals surface area contributed by atoms with E-state index in [1.54, 1.807) is 0 Å². The number of thioether (sulfide) groups is 1. The highest BCUT2D eigenvalue weighted by molar-refractivity contribution is 8.00. The Morgan fingerprint density at radius 2 is 1.84 bits per heavy atom. The van der Waals surface area contributed by atoms with Crippen LogP contribution in [0.5, 0.6) is 0 Å². The molecule has 0 aromatic rings. The number of hydrogen-bond acceptors (Lipinski definition) is 3. The van der Waals surface area contributed by atoms with Crippen molar-refractivity contribution in [1.29, 1.82) is 0 Å². The average Bonchev–Trinajstić information content (AvgIpc) is 2.72. The Kier molecular flexibility index (Phi) is 6.04. The van der Waals surface area contributed by atoms with Crippen LogP contribution in [0.25, 0.3) is 0 Å². The molecule has 1 saturated carbocycles. The molecule has 0 aromatic heterocycles. The summed E-state index contributed by atoms with van der Waals surface area (Å²) in [5, 5.41) is 0. The van der Waals surface area contributed by atoms with Crippen LogP contribution >= 0.6 is 11.8 Å². The zero-order valence-electron chi connectivity index (χ0n) is 12.9. The molecule has 3 heteroatoms. The van der Waals surface area contributed by atoms with Crippen LogP contribution in [0.15, 0.2) is 0 Å². The smallest absolute Gasteiger partial charge is 0.0246 e. The first kappa shape index (κ1) is 15.7. The monoisotopic (exact) mass is 284 g/mol. The second-order valence-electron chi connectivity index (χ2n) is 6.95. The van der Waals surface area contributed by atoms with Gasteiger partial charge in [-0.3, -0.25) is 4.90 Å². The topological polar surface area (TPSA) is 29.3 Å². The normalized spacial score (nSPS) is 28.6. The molecule has 1 unspecified atom stereocenters. The van der Waals surface area contributed by atoms with E-state index in [4.69, 9.17) is 5.73 Å². The summed E-state index contributed by atoms with van der Waals surface area (Å²) in [5.74, 6) is 2.13. The predicted octanol–water partition coefficient (Wildman–Crippen LogP) is 3.50. The van der Waals surface area contributed by atoms with Crippen molar-refractivity contribution < 1.29 is 0 Å². The van der Waals surface area contributed by atoms with Crippen LogP contribution in [0.3, 0.4) is 0 Å². The first-order valence-electron chi connectivity index (χ1n) is 8.20. The Bertz CT molecular complexity index is 259. The van der Waals surface area contributed by atoms with Crippen LogP contribution in [-0.2, 0) is 0 Å². The van der Waals surface area contributed by atoms with Crippen LogP contribution in [0.2, 0.25) is 0 Å². The average molecular weight is 285 g/mol. The van der Waals surface area contributed by atoms with E-state index in [9.17, 15) is 0 Å². The van der Waals surface area contributed by atoms with Gasteiger partial charge in [-0.05, 0) is 31.7 Å². The quantitative estimate of drug-likeness (QED) is 0.804. The summed E-state index contributed by atoms with van der Waals surface area (Å²) >= 11 is 2.14. The second-order valence-corrected chi connectivity index (χ2v) is 8.75. The van der Waals surface area contributed by atoms with E-state index in [1.807, 2.05) is 0 Å². The molecule has 1 atom stereocenters. The van der Waals surface area contributed by atoms with Gasteiger partial charge in [0.15, 0.2) is 0 Å². The lowest BCUT2D eigenvalue weighted by Gasteiger charge is -2.35. The molecule has 0 bridgehead atoms. The highest BCUT2D eigenvalue weighted by atomic mass is 32.2. The third-order valence-corrected chi connectivity index (χ3v) is 6.40. The van der Waals surface area contributed by atoms with Crippen molar-refractivity contribution in [1.82, 2.24) is 4.90 Å². The molecule has 2 rings (SSSR count). The molecular weight excluding hydrogens is 252 g/mol. The second kappa shape index (κ2) is 7.33. The summed E-state index contributed by atoms with van der Waals surface area (Å²) in [5.41, 5.74) is 6.16. The molecule has 0 amide bonds. The van der Waals surface area contributed by atoms with Gasteiger partial charge in [-0.15, -0.1) is 0 Å². The van der Waals surface area contributed by atoms with E-state index in [0.717, 1.165) is 12.5 Å². The van der Waals surface area contributed by atoms with Crippen LogP contribution in [-0.4, -0.2) is 41.1 Å². The fraction of sp³-hybridized carbons (Fsp3) is 1.00. The maximum Gasteiger partial charge on any atom is 0.0246 e. The van der Waals surface area contributed by atoms with Gasteiger partial charge in [0, 0.05) is 29.6 Å². The van der Waals surface area contributed by atoms with E-state index < -0.39 is 0 Å². The van der Waals surface area contributed by atoms with Crippen molar-refractivity contribution in [3.8, 4) is 0 Å². The number of hydrogen-bond donors (Lipinski definition) is 1. The summed E-state index contributed by atoms with van der Waals surface area (Å²) < 4.78 is 0.456. The van der Waals surface area contributed by atoms with Crippen LogP contribution in [0, 0.1) is 5.92 Å². The zero-order valence-corrected chi connectivity index (χ0v) is 13.7. The minimum atomic E-state index is 0.456. The summed E-state index contributed by atoms with van der Waals surface area (Å²) in [4.78, 5) is 2.72. The van der Waals surface area contributed by atoms with E-state index in [1.165, 1.54) is 63.8 Å². The van der Waals surface area contributed by atoms with Crippen molar-refractivity contribution in [3.63, 3.8) is 0 Å². The standard InChI is InChI=1S/C16H32N2S/c1-16(2)9-10-18(11-12-19-16)15(13-17)14-7-5-3-4-6-8-14/h14-15H,3-13,17H2,1-2H3. The Balaban J connectivity index is 1.95. The highest BCUT2D eigenvalue weighted by Crippen LogP contribution is 2.34. The summed E-state index contributed by atoms with van der Waals surface area (Å²) in [7, 11) is 0. The van der Waals surface area contributed by atoms with E-state index in [2.05, 4.69) is 30.5 Å². The molecule has 0 spiro atoms. The molecule has 2 aliphatic rings. The van der Waals surface area contributed by atoms with Crippen molar-refractivity contribution in [3.05, 3.63) is 0 Å². The number of nitrogens with zero attached hydrogens (tertiary/aromatic N) is 1. The third-order valence-electron chi connectivity index (χ3n) is 5.03. The Labute approximate surface area is 123 Å². The van der Waals surface area contributed by atoms with Gasteiger partial charge in [0.2, 0.25) is 0 Å². The van der Waals surface area contributed by atoms with Crippen molar-refractivity contribution in [2.24, 2.45) is 11.7 Å². The first-order valence-corrected chi connectivity index (χ1v) is 9.19. The maximum atomic E-state index is 6.16. The van der Waals surface area contributed by atoms with Gasteiger partial charge < -0.3 is 5.73 Å². The molecule has 2 N–H and O–H groups in total. The van der Waals surface area contributed by atoms with Gasteiger partial charge >= 0.3 is 0 Å². The molecule has 0 radical (unpaired) electrons. The minimum absolute atomic E-state index is 0.456. The molecule has 19 heavy (non-hydrogen) atoms. The van der Waals surface area contributed by atoms with Gasteiger partial charge in [-0.25, -0.2) is 0 Å². The predicted molar refractivity (Wildman–Crippen MR) is 86.8 cm³/mol. The Morgan fingerprint density at radius 3 is 2.47 bits per heavy atom. The maximum absolute atomic E-state index is 6.16. The van der Waals surface area contributed by atoms with Crippen molar-refractivity contribution in [2.45, 2.75) is 69.6 Å². The Morgan fingerprint density at radius 1 is 1.16 bits per heavy atom. The lowest BCUT2D eigenvalue weighted by Crippen LogP contribution is -2.46. The fourth-order valence-electron chi connectivity index (χ4n) is 3.70. The minimum Gasteiger partial charge on any atom is -0.329 e. The third kappa shape index (κ3) is 4.64. The molecule has 1 aliphatic carbocycles. The van der Waals surface area contributed by atoms with Gasteiger partial charge in [0.25, 0.3) is 0 Å². The van der Waals surface area contributed by atoms with E-state index >= 15 is 0 Å².